The van der Waals surface area contributed by atoms with Crippen LogP contribution in [0, 0.1) is 0 Å². The van der Waals surface area contributed by atoms with Crippen LogP contribution < -0.4 is 10.6 Å². The van der Waals surface area contributed by atoms with Gasteiger partial charge in [-0.3, -0.25) is 4.79 Å². The first kappa shape index (κ1) is 12.3. The van der Waals surface area contributed by atoms with Gasteiger partial charge in [-0.25, -0.2) is 9.79 Å². The summed E-state index contributed by atoms with van der Waals surface area (Å²) < 4.78 is 0. The third-order valence-electron chi connectivity index (χ3n) is 1.26. The summed E-state index contributed by atoms with van der Waals surface area (Å²) in [6.45, 7) is 4.19. The molecule has 0 aliphatic carbocycles. The summed E-state index contributed by atoms with van der Waals surface area (Å²) in [5, 5.41) is 5.09. The SMILES string of the molecule is CC=CC(=O)NCCNC(=O)N=CC. The van der Waals surface area contributed by atoms with Crippen molar-refractivity contribution in [1.29, 1.82) is 0 Å². The number of nitrogens with zero attached hydrogens (tertiary/aromatic N) is 1. The van der Waals surface area contributed by atoms with Crippen molar-refractivity contribution in [3.8, 4) is 0 Å². The second-order valence-corrected chi connectivity index (χ2v) is 2.41. The van der Waals surface area contributed by atoms with Crippen LogP contribution in [0.25, 0.3) is 0 Å². The Morgan fingerprint density at radius 3 is 2.43 bits per heavy atom. The average molecular weight is 197 g/mol. The second-order valence-electron chi connectivity index (χ2n) is 2.41. The Bertz CT molecular complexity index is 220. The molecule has 14 heavy (non-hydrogen) atoms. The van der Waals surface area contributed by atoms with Crippen molar-refractivity contribution in [2.75, 3.05) is 13.1 Å². The highest BCUT2D eigenvalue weighted by atomic mass is 16.2. The first-order valence-corrected chi connectivity index (χ1v) is 4.37. The van der Waals surface area contributed by atoms with Gasteiger partial charge in [0.15, 0.2) is 0 Å². The molecule has 0 spiro atoms. The number of aliphatic imine (C=N–C) groups is 1. The maximum Gasteiger partial charge on any atom is 0.340 e. The van der Waals surface area contributed by atoms with E-state index >= 15 is 0 Å². The number of amides is 3. The summed E-state index contributed by atoms with van der Waals surface area (Å²) >= 11 is 0. The van der Waals surface area contributed by atoms with Gasteiger partial charge in [-0.2, -0.15) is 0 Å². The van der Waals surface area contributed by atoms with Crippen molar-refractivity contribution in [1.82, 2.24) is 10.6 Å². The van der Waals surface area contributed by atoms with Gasteiger partial charge in [0.1, 0.15) is 0 Å². The zero-order chi connectivity index (χ0) is 10.8. The van der Waals surface area contributed by atoms with Crippen LogP contribution in [0.4, 0.5) is 4.79 Å². The maximum atomic E-state index is 10.9. The molecule has 0 heterocycles. The van der Waals surface area contributed by atoms with Crippen molar-refractivity contribution in [3.63, 3.8) is 0 Å². The van der Waals surface area contributed by atoms with E-state index in [4.69, 9.17) is 0 Å². The molecular weight excluding hydrogens is 182 g/mol. The zero-order valence-corrected chi connectivity index (χ0v) is 8.41. The van der Waals surface area contributed by atoms with E-state index in [2.05, 4.69) is 15.6 Å². The lowest BCUT2D eigenvalue weighted by molar-refractivity contribution is -0.116. The number of urea groups is 1. The number of carbonyl (C=O) groups excluding carboxylic acids is 2. The number of nitrogens with one attached hydrogen (secondary N) is 2. The van der Waals surface area contributed by atoms with Crippen LogP contribution in [0.15, 0.2) is 17.1 Å². The Morgan fingerprint density at radius 2 is 1.86 bits per heavy atom. The molecule has 5 nitrogen and oxygen atoms in total. The highest BCUT2D eigenvalue weighted by molar-refractivity contribution is 5.87. The topological polar surface area (TPSA) is 70.6 Å². The van der Waals surface area contributed by atoms with Crippen LogP contribution in [0.5, 0.6) is 0 Å². The van der Waals surface area contributed by atoms with Crippen molar-refractivity contribution in [2.24, 2.45) is 4.99 Å². The van der Waals surface area contributed by atoms with Gasteiger partial charge in [0.2, 0.25) is 5.91 Å². The van der Waals surface area contributed by atoms with Crippen molar-refractivity contribution in [3.05, 3.63) is 12.2 Å². The number of allylic oxidation sites excluding steroid dienone is 1. The molecule has 0 radical (unpaired) electrons. The molecule has 78 valence electrons. The highest BCUT2D eigenvalue weighted by Gasteiger charge is 1.95. The summed E-state index contributed by atoms with van der Waals surface area (Å²) in [5.41, 5.74) is 0. The third-order valence-corrected chi connectivity index (χ3v) is 1.26. The summed E-state index contributed by atoms with van der Waals surface area (Å²) in [5.74, 6) is -0.166. The Morgan fingerprint density at radius 1 is 1.21 bits per heavy atom. The van der Waals surface area contributed by atoms with E-state index < -0.39 is 6.03 Å². The van der Waals surface area contributed by atoms with Crippen LogP contribution in [-0.4, -0.2) is 31.2 Å². The molecule has 5 heteroatoms. The minimum absolute atomic E-state index is 0.166. The largest absolute Gasteiger partial charge is 0.351 e. The molecule has 0 bridgehead atoms. The van der Waals surface area contributed by atoms with Crippen LogP contribution in [0.2, 0.25) is 0 Å². The monoisotopic (exact) mass is 197 g/mol. The van der Waals surface area contributed by atoms with Crippen LogP contribution in [0.3, 0.4) is 0 Å². The molecule has 2 N–H and O–H groups in total. The van der Waals surface area contributed by atoms with Crippen LogP contribution in [-0.2, 0) is 4.79 Å². The first-order valence-electron chi connectivity index (χ1n) is 4.37. The average Bonchev–Trinajstić information content (AvgIpc) is 2.13. The standard InChI is InChI=1S/C9H15N3O2/c1-3-5-8(13)11-6-7-12-9(14)10-4-2/h3-5H,6-7H2,1-2H3,(H,11,13)(H,12,14). The fraction of sp³-hybridized carbons (Fsp3) is 0.444. The van der Waals surface area contributed by atoms with E-state index in [0.29, 0.717) is 13.1 Å². The van der Waals surface area contributed by atoms with E-state index in [0.717, 1.165) is 0 Å². The molecule has 0 aromatic heterocycles. The summed E-state index contributed by atoms with van der Waals surface area (Å²) in [6.07, 6.45) is 4.48. The second kappa shape index (κ2) is 7.97. The molecule has 0 aliphatic rings. The van der Waals surface area contributed by atoms with Gasteiger partial charge in [-0.15, -0.1) is 0 Å². The van der Waals surface area contributed by atoms with Gasteiger partial charge in [-0.05, 0) is 19.9 Å². The Hall–Kier alpha value is -1.65. The molecule has 0 unspecified atom stereocenters. The van der Waals surface area contributed by atoms with E-state index in [1.807, 2.05) is 0 Å². The van der Waals surface area contributed by atoms with Gasteiger partial charge in [-0.1, -0.05) is 6.08 Å². The molecule has 0 aromatic rings. The van der Waals surface area contributed by atoms with Gasteiger partial charge in [0.05, 0.1) is 0 Å². The number of carbonyl (C=O) groups is 2. The molecule has 0 atom stereocenters. The predicted molar refractivity (Wildman–Crippen MR) is 55.4 cm³/mol. The van der Waals surface area contributed by atoms with Gasteiger partial charge in [0, 0.05) is 19.3 Å². The minimum Gasteiger partial charge on any atom is -0.351 e. The molecule has 0 aromatic carbocycles. The Balaban J connectivity index is 3.47. The van der Waals surface area contributed by atoms with Crippen molar-refractivity contribution in [2.45, 2.75) is 13.8 Å². The molecule has 0 aliphatic heterocycles. The van der Waals surface area contributed by atoms with Gasteiger partial charge >= 0.3 is 6.03 Å². The summed E-state index contributed by atoms with van der Waals surface area (Å²) in [4.78, 5) is 25.1. The smallest absolute Gasteiger partial charge is 0.340 e. The predicted octanol–water partition coefficient (Wildman–Crippen LogP) is 0.479. The molecule has 0 saturated carbocycles. The fourth-order valence-electron chi connectivity index (χ4n) is 0.728. The van der Waals surface area contributed by atoms with E-state index in [9.17, 15) is 9.59 Å². The normalized spacial score (nSPS) is 10.7. The Kier molecular flexibility index (Phi) is 7.03. The molecule has 0 rings (SSSR count). The number of rotatable bonds is 4. The lowest BCUT2D eigenvalue weighted by atomic mass is 10.5. The Labute approximate surface area is 83.3 Å². The fourth-order valence-corrected chi connectivity index (χ4v) is 0.728. The lowest BCUT2D eigenvalue weighted by Gasteiger charge is -2.01. The quantitative estimate of drug-likeness (QED) is 0.391. The molecule has 0 fully saturated rings. The van der Waals surface area contributed by atoms with E-state index in [1.54, 1.807) is 19.9 Å². The lowest BCUT2D eigenvalue weighted by Crippen LogP contribution is -2.32. The zero-order valence-electron chi connectivity index (χ0n) is 8.41. The van der Waals surface area contributed by atoms with E-state index in [1.165, 1.54) is 12.3 Å². The van der Waals surface area contributed by atoms with Crippen LogP contribution in [0.1, 0.15) is 13.8 Å². The van der Waals surface area contributed by atoms with Crippen molar-refractivity contribution >= 4 is 18.2 Å². The van der Waals surface area contributed by atoms with Gasteiger partial charge in [0.25, 0.3) is 0 Å². The third kappa shape index (κ3) is 7.02. The van der Waals surface area contributed by atoms with Crippen LogP contribution >= 0.6 is 0 Å². The molecule has 3 amide bonds. The number of hydrogen-bond donors (Lipinski definition) is 2. The highest BCUT2D eigenvalue weighted by Crippen LogP contribution is 1.73. The molecule has 0 saturated heterocycles. The van der Waals surface area contributed by atoms with Gasteiger partial charge < -0.3 is 10.6 Å². The maximum absolute atomic E-state index is 10.9. The minimum atomic E-state index is -0.396. The summed E-state index contributed by atoms with van der Waals surface area (Å²) in [6, 6.07) is -0.396. The van der Waals surface area contributed by atoms with E-state index in [-0.39, 0.29) is 5.91 Å². The molecular formula is C9H15N3O2. The summed E-state index contributed by atoms with van der Waals surface area (Å²) in [7, 11) is 0. The van der Waals surface area contributed by atoms with Crippen molar-refractivity contribution < 1.29 is 9.59 Å². The first-order chi connectivity index (χ1) is 6.70. The number of hydrogen-bond acceptors (Lipinski definition) is 2.